The van der Waals surface area contributed by atoms with Gasteiger partial charge in [-0.2, -0.15) is 0 Å². The third-order valence-electron chi connectivity index (χ3n) is 10.8. The van der Waals surface area contributed by atoms with E-state index in [0.29, 0.717) is 30.2 Å². The van der Waals surface area contributed by atoms with Crippen molar-refractivity contribution >= 4 is 46.8 Å². The molecule has 0 radical (unpaired) electrons. The van der Waals surface area contributed by atoms with Gasteiger partial charge in [0, 0.05) is 66.1 Å². The van der Waals surface area contributed by atoms with Gasteiger partial charge in [-0.1, -0.05) is 91.5 Å². The second-order valence-electron chi connectivity index (χ2n) is 14.6. The van der Waals surface area contributed by atoms with E-state index in [1.807, 2.05) is 95.9 Å². The molecule has 57 heavy (non-hydrogen) atoms. The van der Waals surface area contributed by atoms with E-state index in [9.17, 15) is 24.0 Å². The van der Waals surface area contributed by atoms with Crippen molar-refractivity contribution < 1.29 is 33.4 Å². The van der Waals surface area contributed by atoms with Crippen LogP contribution in [0.2, 0.25) is 0 Å². The highest BCUT2D eigenvalue weighted by Gasteiger charge is 2.57. The largest absolute Gasteiger partial charge is 0.466 e. The molecule has 0 spiro atoms. The minimum absolute atomic E-state index is 0.0571. The van der Waals surface area contributed by atoms with Crippen LogP contribution in [0.25, 0.3) is 5.70 Å². The highest BCUT2D eigenvalue weighted by Crippen LogP contribution is 2.46. The minimum atomic E-state index is -1.36. The first kappa shape index (κ1) is 37.3. The second-order valence-corrected chi connectivity index (χ2v) is 14.6. The lowest BCUT2D eigenvalue weighted by Crippen LogP contribution is -2.52. The Hall–Kier alpha value is -6.60. The van der Waals surface area contributed by atoms with Gasteiger partial charge in [-0.15, -0.1) is 0 Å². The Balaban J connectivity index is 0.892. The molecule has 4 aromatic carbocycles. The van der Waals surface area contributed by atoms with E-state index >= 15 is 0 Å². The molecule has 0 aromatic heterocycles. The Bertz CT molecular complexity index is 2280. The van der Waals surface area contributed by atoms with E-state index in [0.717, 1.165) is 33.4 Å². The number of rotatable bonds is 12. The number of carbonyl (C=O) groups is 5. The first-order valence-electron chi connectivity index (χ1n) is 19.0. The Kier molecular flexibility index (Phi) is 10.4. The van der Waals surface area contributed by atoms with Crippen molar-refractivity contribution in [3.8, 4) is 0 Å². The van der Waals surface area contributed by atoms with Gasteiger partial charge in [-0.05, 0) is 35.7 Å². The van der Waals surface area contributed by atoms with Gasteiger partial charge in [0.25, 0.3) is 5.91 Å². The molecular weight excluding hydrogens is 725 g/mol. The van der Waals surface area contributed by atoms with Crippen LogP contribution in [0.5, 0.6) is 0 Å². The fourth-order valence-corrected chi connectivity index (χ4v) is 8.08. The average Bonchev–Trinajstić information content (AvgIpc) is 3.74. The predicted octanol–water partition coefficient (Wildman–Crippen LogP) is 3.89. The van der Waals surface area contributed by atoms with Crippen molar-refractivity contribution in [1.29, 1.82) is 0 Å². The first-order chi connectivity index (χ1) is 27.7. The molecule has 0 saturated carbocycles. The zero-order valence-electron chi connectivity index (χ0n) is 31.2. The maximum absolute atomic E-state index is 14.8. The highest BCUT2D eigenvalue weighted by molar-refractivity contribution is 6.03. The molecule has 13 nitrogen and oxygen atoms in total. The summed E-state index contributed by atoms with van der Waals surface area (Å²) in [6.07, 6.45) is 0.207. The number of benzene rings is 4. The van der Waals surface area contributed by atoms with Crippen molar-refractivity contribution in [1.82, 2.24) is 20.4 Å². The number of hydrogen-bond acceptors (Lipinski definition) is 9. The molecule has 5 amide bonds. The van der Waals surface area contributed by atoms with Gasteiger partial charge in [0.15, 0.2) is 11.6 Å². The number of anilines is 1. The van der Waals surface area contributed by atoms with Gasteiger partial charge in [0.2, 0.25) is 29.5 Å². The van der Waals surface area contributed by atoms with Crippen LogP contribution in [0.3, 0.4) is 0 Å². The van der Waals surface area contributed by atoms with Crippen LogP contribution in [0.1, 0.15) is 52.3 Å². The topological polar surface area (TPSA) is 159 Å². The Labute approximate surface area is 329 Å². The van der Waals surface area contributed by atoms with Crippen LogP contribution in [0, 0.1) is 0 Å². The zero-order chi connectivity index (χ0) is 39.5. The monoisotopic (exact) mass is 766 g/mol. The molecule has 3 atom stereocenters. The van der Waals surface area contributed by atoms with Crippen molar-refractivity contribution in [3.63, 3.8) is 0 Å². The maximum Gasteiger partial charge on any atom is 0.256 e. The average molecular weight is 767 g/mol. The molecule has 4 aromatic rings. The number of hydrogen-bond donors (Lipinski definition) is 3. The molecule has 4 heterocycles. The van der Waals surface area contributed by atoms with Crippen LogP contribution < -0.4 is 16.0 Å². The van der Waals surface area contributed by atoms with Crippen LogP contribution >= 0.6 is 0 Å². The molecule has 0 bridgehead atoms. The number of nitrogens with one attached hydrogen (secondary N) is 3. The SMILES string of the molecule is C=C1c2cccc(NC(=O)COCCNC(=O)CN3Cc4ccccc4[C@@H]4OC(c5ccccc5)=N[C@]4(Cc4ccccc4)C3=O)c2CN1C1CCC(=O)NC1=O. The molecule has 0 aliphatic carbocycles. The van der Waals surface area contributed by atoms with Gasteiger partial charge in [-0.3, -0.25) is 29.3 Å². The summed E-state index contributed by atoms with van der Waals surface area (Å²) in [5.74, 6) is -1.34. The fraction of sp³-hybridized carbons (Fsp3) is 0.273. The first-order valence-corrected chi connectivity index (χ1v) is 19.0. The van der Waals surface area contributed by atoms with E-state index < -0.39 is 17.7 Å². The van der Waals surface area contributed by atoms with E-state index in [1.54, 1.807) is 17.0 Å². The number of ether oxygens (including phenoxy) is 2. The zero-order valence-corrected chi connectivity index (χ0v) is 31.2. The van der Waals surface area contributed by atoms with E-state index in [4.69, 9.17) is 14.5 Å². The molecule has 8 rings (SSSR count). The molecule has 290 valence electrons. The van der Waals surface area contributed by atoms with E-state index in [-0.39, 0.29) is 75.2 Å². The summed E-state index contributed by atoms with van der Waals surface area (Å²) in [7, 11) is 0. The smallest absolute Gasteiger partial charge is 0.256 e. The summed E-state index contributed by atoms with van der Waals surface area (Å²) in [5, 5.41) is 8.12. The number of imide groups is 1. The lowest BCUT2D eigenvalue weighted by atomic mass is 9.81. The van der Waals surface area contributed by atoms with Crippen molar-refractivity contribution in [3.05, 3.63) is 143 Å². The van der Waals surface area contributed by atoms with E-state index in [1.165, 1.54) is 0 Å². The van der Waals surface area contributed by atoms with Gasteiger partial charge < -0.3 is 29.9 Å². The molecule has 4 aliphatic rings. The predicted molar refractivity (Wildman–Crippen MR) is 211 cm³/mol. The number of amides is 5. The van der Waals surface area contributed by atoms with Gasteiger partial charge in [0.1, 0.15) is 12.6 Å². The summed E-state index contributed by atoms with van der Waals surface area (Å²) in [6, 6.07) is 31.9. The van der Waals surface area contributed by atoms with Crippen LogP contribution in [-0.2, 0) is 53.0 Å². The number of carbonyl (C=O) groups excluding carboxylic acids is 5. The number of fused-ring (bicyclic) bond motifs is 4. The lowest BCUT2D eigenvalue weighted by molar-refractivity contribution is -0.143. The maximum atomic E-state index is 14.8. The molecule has 4 aliphatic heterocycles. The summed E-state index contributed by atoms with van der Waals surface area (Å²) in [6.45, 7) is 4.43. The molecule has 1 fully saturated rings. The normalized spacial score (nSPS) is 21.1. The Morgan fingerprint density at radius 2 is 1.67 bits per heavy atom. The lowest BCUT2D eigenvalue weighted by Gasteiger charge is -2.32. The number of piperidine rings is 1. The van der Waals surface area contributed by atoms with Crippen LogP contribution in [0.4, 0.5) is 5.69 Å². The van der Waals surface area contributed by atoms with Gasteiger partial charge >= 0.3 is 0 Å². The summed E-state index contributed by atoms with van der Waals surface area (Å²) >= 11 is 0. The Morgan fingerprint density at radius 1 is 0.912 bits per heavy atom. The number of aliphatic imine (C=N–C) groups is 1. The van der Waals surface area contributed by atoms with Gasteiger partial charge in [-0.25, -0.2) is 4.99 Å². The molecular formula is C44H42N6O7. The molecule has 13 heteroatoms. The summed E-state index contributed by atoms with van der Waals surface area (Å²) in [5.41, 5.74) is 4.91. The third-order valence-corrected chi connectivity index (χ3v) is 10.8. The number of nitrogens with zero attached hydrogens (tertiary/aromatic N) is 3. The highest BCUT2D eigenvalue weighted by atomic mass is 16.5. The molecule has 1 saturated heterocycles. The van der Waals surface area contributed by atoms with Gasteiger partial charge in [0.05, 0.1) is 13.2 Å². The van der Waals surface area contributed by atoms with Crippen molar-refractivity contribution in [2.45, 2.75) is 50.0 Å². The van der Waals surface area contributed by atoms with Crippen LogP contribution in [-0.4, -0.2) is 83.1 Å². The summed E-state index contributed by atoms with van der Waals surface area (Å²) < 4.78 is 12.2. The van der Waals surface area contributed by atoms with Crippen molar-refractivity contribution in [2.24, 2.45) is 4.99 Å². The Morgan fingerprint density at radius 3 is 2.46 bits per heavy atom. The van der Waals surface area contributed by atoms with E-state index in [2.05, 4.69) is 22.5 Å². The third kappa shape index (κ3) is 7.53. The standard InChI is InChI=1S/C44H42N6O7/c1-28-32-17-10-18-35(34(32)25-50(28)36-19-20-37(51)47-41(36)54)46-39(53)27-56-22-21-45-38(52)26-49-24-31-15-8-9-16-33(31)40-44(43(49)55,23-29-11-4-2-5-12-29)48-42(57-40)30-13-6-3-7-14-30/h2-18,36,40H,1,19-27H2,(H,45,52)(H,46,53)(H,47,51,54)/t36?,40-,44-/m0/s1. The minimum Gasteiger partial charge on any atom is -0.466 e. The quantitative estimate of drug-likeness (QED) is 0.145. The van der Waals surface area contributed by atoms with Crippen molar-refractivity contribution in [2.75, 3.05) is 31.6 Å². The summed E-state index contributed by atoms with van der Waals surface area (Å²) in [4.78, 5) is 73.9. The molecule has 1 unspecified atom stereocenters. The second kappa shape index (κ2) is 15.9. The fourth-order valence-electron chi connectivity index (χ4n) is 8.08. The molecule has 3 N–H and O–H groups in total. The van der Waals surface area contributed by atoms with Crippen LogP contribution in [0.15, 0.2) is 115 Å².